The van der Waals surface area contributed by atoms with E-state index in [2.05, 4.69) is 15.5 Å². The Morgan fingerprint density at radius 3 is 2.89 bits per heavy atom. The minimum atomic E-state index is -0.434. The second-order valence-electron chi connectivity index (χ2n) is 5.79. The van der Waals surface area contributed by atoms with Gasteiger partial charge in [-0.15, -0.1) is 10.2 Å². The molecule has 0 atom stereocenters. The molecule has 0 spiro atoms. The summed E-state index contributed by atoms with van der Waals surface area (Å²) in [6.07, 6.45) is 1.75. The lowest BCUT2D eigenvalue weighted by Gasteiger charge is -2.10. The van der Waals surface area contributed by atoms with Gasteiger partial charge in [-0.3, -0.25) is 14.9 Å². The zero-order valence-corrected chi connectivity index (χ0v) is 15.9. The Morgan fingerprint density at radius 2 is 2.11 bits per heavy atom. The van der Waals surface area contributed by atoms with Crippen LogP contribution in [-0.4, -0.2) is 25.6 Å². The molecule has 0 aliphatic heterocycles. The molecule has 28 heavy (non-hydrogen) atoms. The minimum Gasteiger partial charge on any atom is -0.338 e. The third kappa shape index (κ3) is 3.87. The average molecular weight is 411 g/mol. The maximum Gasteiger partial charge on any atom is 0.270 e. The maximum absolute atomic E-state index is 12.6. The topological polar surface area (TPSA) is 103 Å². The van der Waals surface area contributed by atoms with E-state index in [4.69, 9.17) is 0 Å². The van der Waals surface area contributed by atoms with Crippen LogP contribution in [0.4, 0.5) is 11.4 Å². The van der Waals surface area contributed by atoms with E-state index in [1.54, 1.807) is 28.4 Å². The summed E-state index contributed by atoms with van der Waals surface area (Å²) in [7, 11) is 0. The zero-order chi connectivity index (χ0) is 19.5. The number of nitro groups is 1. The summed E-state index contributed by atoms with van der Waals surface area (Å²) >= 11 is 2.87. The number of hydrogen-bond acceptors (Lipinski definition) is 7. The van der Waals surface area contributed by atoms with Crippen LogP contribution in [0.3, 0.4) is 0 Å². The smallest absolute Gasteiger partial charge is 0.270 e. The van der Waals surface area contributed by atoms with Crippen molar-refractivity contribution in [3.63, 3.8) is 0 Å². The van der Waals surface area contributed by atoms with Crippen molar-refractivity contribution in [1.29, 1.82) is 0 Å². The number of fused-ring (bicyclic) bond motifs is 1. The van der Waals surface area contributed by atoms with Gasteiger partial charge in [-0.05, 0) is 24.3 Å². The van der Waals surface area contributed by atoms with Crippen LogP contribution in [0.2, 0.25) is 0 Å². The molecule has 0 fully saturated rings. The van der Waals surface area contributed by atoms with Crippen LogP contribution in [0, 0.1) is 10.1 Å². The van der Waals surface area contributed by atoms with Crippen LogP contribution in [-0.2, 0) is 11.3 Å². The van der Waals surface area contributed by atoms with E-state index in [1.165, 1.54) is 35.2 Å². The van der Waals surface area contributed by atoms with Gasteiger partial charge in [0.1, 0.15) is 12.1 Å². The highest BCUT2D eigenvalue weighted by atomic mass is 32.2. The van der Waals surface area contributed by atoms with Gasteiger partial charge < -0.3 is 9.88 Å². The Balaban J connectivity index is 1.51. The Kier molecular flexibility index (Phi) is 5.04. The fraction of sp³-hybridized carbons (Fsp3) is 0.0556. The molecule has 2 aromatic carbocycles. The molecule has 2 heterocycles. The average Bonchev–Trinajstić information content (AvgIpc) is 3.33. The van der Waals surface area contributed by atoms with Crippen LogP contribution in [0.15, 0.2) is 69.5 Å². The molecule has 2 aromatic heterocycles. The van der Waals surface area contributed by atoms with Crippen LogP contribution in [0.1, 0.15) is 0 Å². The second kappa shape index (κ2) is 7.79. The van der Waals surface area contributed by atoms with Crippen molar-refractivity contribution in [2.45, 2.75) is 15.8 Å². The number of nitrogens with one attached hydrogen (secondary N) is 1. The van der Waals surface area contributed by atoms with Gasteiger partial charge in [0.25, 0.3) is 5.69 Å². The van der Waals surface area contributed by atoms with Gasteiger partial charge in [0.2, 0.25) is 5.91 Å². The van der Waals surface area contributed by atoms with Crippen LogP contribution in [0.5, 0.6) is 0 Å². The number of nitro benzene ring substituents is 1. The highest BCUT2D eigenvalue weighted by Crippen LogP contribution is 2.34. The third-order valence-corrected chi connectivity index (χ3v) is 5.83. The van der Waals surface area contributed by atoms with Gasteiger partial charge in [-0.1, -0.05) is 35.2 Å². The Labute approximate surface area is 167 Å². The fourth-order valence-electron chi connectivity index (χ4n) is 2.74. The summed E-state index contributed by atoms with van der Waals surface area (Å²) in [6.45, 7) is 0.0963. The lowest BCUT2D eigenvalue weighted by molar-refractivity contribution is -0.384. The molecule has 0 aliphatic rings. The van der Waals surface area contributed by atoms with Crippen molar-refractivity contribution < 1.29 is 9.72 Å². The first-order valence-electron chi connectivity index (χ1n) is 8.16. The number of rotatable bonds is 6. The van der Waals surface area contributed by atoms with Gasteiger partial charge >= 0.3 is 0 Å². The normalized spacial score (nSPS) is 10.9. The van der Waals surface area contributed by atoms with Crippen molar-refractivity contribution >= 4 is 51.3 Å². The van der Waals surface area contributed by atoms with Crippen LogP contribution < -0.4 is 5.32 Å². The van der Waals surface area contributed by atoms with Crippen LogP contribution >= 0.6 is 23.1 Å². The maximum atomic E-state index is 12.6. The fourth-order valence-corrected chi connectivity index (χ4v) is 4.27. The number of para-hydroxylation sites is 1. The van der Waals surface area contributed by atoms with Crippen molar-refractivity contribution in [3.8, 4) is 0 Å². The molecule has 140 valence electrons. The Morgan fingerprint density at radius 1 is 1.25 bits per heavy atom. The first kappa shape index (κ1) is 18.1. The molecular weight excluding hydrogens is 398 g/mol. The van der Waals surface area contributed by atoms with Gasteiger partial charge in [-0.25, -0.2) is 0 Å². The molecule has 0 bridgehead atoms. The molecule has 0 saturated heterocycles. The van der Waals surface area contributed by atoms with E-state index in [0.717, 1.165) is 14.8 Å². The summed E-state index contributed by atoms with van der Waals surface area (Å²) < 4.78 is 2.55. The largest absolute Gasteiger partial charge is 0.338 e. The predicted octanol–water partition coefficient (Wildman–Crippen LogP) is 4.19. The van der Waals surface area contributed by atoms with E-state index in [9.17, 15) is 14.9 Å². The zero-order valence-electron chi connectivity index (χ0n) is 14.3. The number of anilines is 1. The lowest BCUT2D eigenvalue weighted by Crippen LogP contribution is -2.18. The van der Waals surface area contributed by atoms with E-state index >= 15 is 0 Å². The van der Waals surface area contributed by atoms with E-state index in [1.807, 2.05) is 24.3 Å². The number of amides is 1. The number of carbonyl (C=O) groups excluding carboxylic acids is 1. The minimum absolute atomic E-state index is 0.0253. The summed E-state index contributed by atoms with van der Waals surface area (Å²) in [4.78, 5) is 23.9. The molecule has 0 radical (unpaired) electrons. The van der Waals surface area contributed by atoms with Gasteiger partial charge in [0, 0.05) is 34.1 Å². The summed E-state index contributed by atoms with van der Waals surface area (Å²) in [6, 6.07) is 13.8. The standard InChI is InChI=1S/C18H13N5O3S2/c24-17(10-22-8-7-12-9-13(23(25)26)5-6-15(12)22)20-14-3-1-2-4-16(14)28-18-21-19-11-27-18/h1-9,11H,10H2,(H,20,24). The lowest BCUT2D eigenvalue weighted by atomic mass is 10.2. The Hall–Kier alpha value is -3.24. The van der Waals surface area contributed by atoms with Crippen molar-refractivity contribution in [2.75, 3.05) is 5.32 Å². The molecule has 4 rings (SSSR count). The van der Waals surface area contributed by atoms with Crippen molar-refractivity contribution in [2.24, 2.45) is 0 Å². The summed E-state index contributed by atoms with van der Waals surface area (Å²) in [5.41, 5.74) is 3.14. The van der Waals surface area contributed by atoms with Crippen molar-refractivity contribution in [3.05, 3.63) is 70.4 Å². The number of aromatic nitrogens is 3. The van der Waals surface area contributed by atoms with Gasteiger partial charge in [0.15, 0.2) is 4.34 Å². The molecular formula is C18H13N5O3S2. The monoisotopic (exact) mass is 411 g/mol. The molecule has 1 N–H and O–H groups in total. The molecule has 8 nitrogen and oxygen atoms in total. The predicted molar refractivity (Wildman–Crippen MR) is 108 cm³/mol. The second-order valence-corrected chi connectivity index (χ2v) is 7.92. The first-order chi connectivity index (χ1) is 13.6. The van der Waals surface area contributed by atoms with E-state index in [-0.39, 0.29) is 18.1 Å². The quantitative estimate of drug-likeness (QED) is 0.377. The number of benzene rings is 2. The van der Waals surface area contributed by atoms with Gasteiger partial charge in [0.05, 0.1) is 10.6 Å². The number of carbonyl (C=O) groups is 1. The Bertz CT molecular complexity index is 1160. The van der Waals surface area contributed by atoms with Crippen LogP contribution in [0.25, 0.3) is 10.9 Å². The third-order valence-electron chi connectivity index (χ3n) is 3.98. The van der Waals surface area contributed by atoms with E-state index in [0.29, 0.717) is 11.1 Å². The number of nitrogens with zero attached hydrogens (tertiary/aromatic N) is 4. The van der Waals surface area contributed by atoms with E-state index < -0.39 is 4.92 Å². The molecule has 0 unspecified atom stereocenters. The molecule has 0 saturated carbocycles. The number of hydrogen-bond donors (Lipinski definition) is 1. The number of non-ortho nitro benzene ring substituents is 1. The molecule has 10 heteroatoms. The highest BCUT2D eigenvalue weighted by Gasteiger charge is 2.13. The summed E-state index contributed by atoms with van der Waals surface area (Å²) in [5, 5.41) is 22.4. The summed E-state index contributed by atoms with van der Waals surface area (Å²) in [5.74, 6) is -0.193. The molecule has 4 aromatic rings. The van der Waals surface area contributed by atoms with Crippen molar-refractivity contribution in [1.82, 2.24) is 14.8 Å². The SMILES string of the molecule is O=C(Cn1ccc2cc([N+](=O)[O-])ccc21)Nc1ccccc1Sc1nncs1. The molecule has 1 amide bonds. The first-order valence-corrected chi connectivity index (χ1v) is 9.86. The van der Waals surface area contributed by atoms with Gasteiger partial charge in [-0.2, -0.15) is 0 Å². The molecule has 0 aliphatic carbocycles. The highest BCUT2D eigenvalue weighted by molar-refractivity contribution is 8.01.